The van der Waals surface area contributed by atoms with Crippen LogP contribution in [-0.4, -0.2) is 57.5 Å². The van der Waals surface area contributed by atoms with E-state index >= 15 is 0 Å². The zero-order valence-corrected chi connectivity index (χ0v) is 22.8. The van der Waals surface area contributed by atoms with Gasteiger partial charge in [0.05, 0.1) is 12.6 Å². The Balaban J connectivity index is -0.0000000509. The zero-order chi connectivity index (χ0) is 28.3. The highest BCUT2D eigenvalue weighted by Crippen LogP contribution is 1.83. The number of aliphatic hydroxyl groups is 1. The lowest BCUT2D eigenvalue weighted by Gasteiger charge is -1.88. The second kappa shape index (κ2) is 77.9. The monoisotopic (exact) mass is 478 g/mol. The Hall–Kier alpha value is -2.99. The summed E-state index contributed by atoms with van der Waals surface area (Å²) in [6, 6.07) is 0.213. The van der Waals surface area contributed by atoms with E-state index in [2.05, 4.69) is 75.4 Å². The third-order valence-electron chi connectivity index (χ3n) is 2.63. The van der Waals surface area contributed by atoms with Gasteiger partial charge in [-0.25, -0.2) is 0 Å². The number of nitrogens with zero attached hydrogens (tertiary/aromatic N) is 3. The molecule has 0 fully saturated rings. The van der Waals surface area contributed by atoms with Gasteiger partial charge in [-0.05, 0) is 60.0 Å². The van der Waals surface area contributed by atoms with Crippen molar-refractivity contribution in [1.29, 1.82) is 5.41 Å². The van der Waals surface area contributed by atoms with Gasteiger partial charge in [0.1, 0.15) is 6.29 Å². The Bertz CT molecular complexity index is 443. The van der Waals surface area contributed by atoms with Crippen LogP contribution >= 0.6 is 0 Å². The van der Waals surface area contributed by atoms with Crippen molar-refractivity contribution in [2.24, 2.45) is 15.0 Å². The Kier molecular flexibility index (Phi) is 111. The molecule has 0 saturated carbocycles. The van der Waals surface area contributed by atoms with Crippen molar-refractivity contribution in [3.05, 3.63) is 62.4 Å². The second-order valence-corrected chi connectivity index (χ2v) is 5.61. The zero-order valence-electron chi connectivity index (χ0n) is 22.8. The van der Waals surface area contributed by atoms with Crippen molar-refractivity contribution in [2.75, 3.05) is 13.2 Å². The number of aliphatic imine (C=N–C) groups is 3. The quantitative estimate of drug-likeness (QED) is 0.139. The van der Waals surface area contributed by atoms with E-state index in [1.54, 1.807) is 24.4 Å². The molecule has 0 aromatic carbocycles. The number of aliphatic hydroxyl groups excluding tert-OH is 1. The topological polar surface area (TPSA) is 98.2 Å². The van der Waals surface area contributed by atoms with Crippen molar-refractivity contribution in [1.82, 2.24) is 0 Å². The molecule has 1 atom stereocenters. The van der Waals surface area contributed by atoms with Crippen LogP contribution in [0.5, 0.6) is 0 Å². The van der Waals surface area contributed by atoms with Crippen molar-refractivity contribution in [3.63, 3.8) is 0 Å². The van der Waals surface area contributed by atoms with Crippen LogP contribution in [-0.2, 0) is 4.79 Å². The van der Waals surface area contributed by atoms with Crippen LogP contribution in [0.1, 0.15) is 66.7 Å². The molecule has 2 N–H and O–H groups in total. The number of unbranched alkanes of at least 4 members (excludes halogenated alkanes) is 2. The van der Waals surface area contributed by atoms with Crippen LogP contribution < -0.4 is 0 Å². The van der Waals surface area contributed by atoms with Crippen LogP contribution in [0.15, 0.2) is 77.4 Å². The van der Waals surface area contributed by atoms with Gasteiger partial charge in [-0.3, -0.25) is 15.0 Å². The Morgan fingerprint density at radius 3 is 1.56 bits per heavy atom. The standard InChI is InChI=1S/3C5H9N.C4H10O.C4H8O.C4H6.CH3N/c1-4-5(2)6-3;2*1-3-4-5-6-2;2*1-2-3-4-5;1-3-4-2;1-2/h4-5H,1,3H2,2H3;4-5H,2-3H2,1H3;3-4H,2,5H2,1H3;5H,2-4H2,1H3;4H,2-3H2,1H3;3-4H,1-2H2;2H,1H2/b;5-4+;4-3+;;;;. The lowest BCUT2D eigenvalue weighted by molar-refractivity contribution is -0.107. The minimum atomic E-state index is 0.213. The number of allylic oxidation sites excluding steroid dienone is 4. The largest absolute Gasteiger partial charge is 0.396 e. The average Bonchev–Trinajstić information content (AvgIpc) is 2.89. The molecule has 6 heteroatoms. The van der Waals surface area contributed by atoms with Gasteiger partial charge in [0, 0.05) is 19.2 Å². The van der Waals surface area contributed by atoms with Crippen molar-refractivity contribution < 1.29 is 9.90 Å². The first kappa shape index (κ1) is 48.4. The van der Waals surface area contributed by atoms with Gasteiger partial charge in [-0.1, -0.05) is 76.8 Å². The van der Waals surface area contributed by atoms with Gasteiger partial charge in [-0.15, -0.1) is 6.58 Å². The van der Waals surface area contributed by atoms with Gasteiger partial charge >= 0.3 is 0 Å². The van der Waals surface area contributed by atoms with Crippen LogP contribution in [0.4, 0.5) is 0 Å². The maximum absolute atomic E-state index is 9.40. The number of carbonyl (C=O) groups is 1. The molecular formula is C28H54N4O2. The SMILES string of the molecule is C=CC(C)N=C.C=CC=C.C=N.C=N/C=C/CC.C=NC/C=C/C.CCCC=O.CCCCO. The molecule has 0 amide bonds. The second-order valence-electron chi connectivity index (χ2n) is 5.61. The fraction of sp³-hybridized carbons (Fsp3) is 0.464. The molecule has 0 radical (unpaired) electrons. The summed E-state index contributed by atoms with van der Waals surface area (Å²) < 4.78 is 0. The first-order chi connectivity index (χ1) is 16.4. The summed E-state index contributed by atoms with van der Waals surface area (Å²) in [5, 5.41) is 13.6. The van der Waals surface area contributed by atoms with E-state index < -0.39 is 0 Å². The van der Waals surface area contributed by atoms with Crippen molar-refractivity contribution in [3.8, 4) is 0 Å². The Morgan fingerprint density at radius 2 is 1.50 bits per heavy atom. The molecule has 0 spiro atoms. The lowest BCUT2D eigenvalue weighted by Crippen LogP contribution is -1.85. The Labute approximate surface area is 212 Å². The minimum absolute atomic E-state index is 0.213. The first-order valence-corrected chi connectivity index (χ1v) is 11.2. The van der Waals surface area contributed by atoms with Crippen LogP contribution in [0.25, 0.3) is 0 Å². The number of hydrogen-bond acceptors (Lipinski definition) is 6. The van der Waals surface area contributed by atoms with Crippen LogP contribution in [0.3, 0.4) is 0 Å². The third-order valence-corrected chi connectivity index (χ3v) is 2.63. The first-order valence-electron chi connectivity index (χ1n) is 11.2. The van der Waals surface area contributed by atoms with E-state index in [0.717, 1.165) is 38.5 Å². The van der Waals surface area contributed by atoms with Crippen molar-refractivity contribution >= 4 is 33.2 Å². The van der Waals surface area contributed by atoms with Crippen LogP contribution in [0, 0.1) is 5.41 Å². The molecule has 34 heavy (non-hydrogen) atoms. The molecular weight excluding hydrogens is 424 g/mol. The average molecular weight is 479 g/mol. The number of hydrogen-bond donors (Lipinski definition) is 2. The van der Waals surface area contributed by atoms with E-state index in [1.807, 2.05) is 39.0 Å². The van der Waals surface area contributed by atoms with E-state index in [0.29, 0.717) is 13.0 Å². The number of aldehydes is 1. The van der Waals surface area contributed by atoms with E-state index in [9.17, 15) is 4.79 Å². The smallest absolute Gasteiger partial charge is 0.119 e. The molecule has 0 bridgehead atoms. The van der Waals surface area contributed by atoms with Gasteiger partial charge in [0.2, 0.25) is 0 Å². The van der Waals surface area contributed by atoms with E-state index in [1.165, 1.54) is 0 Å². The lowest BCUT2D eigenvalue weighted by atomic mass is 10.4. The fourth-order valence-electron chi connectivity index (χ4n) is 0.710. The summed E-state index contributed by atoms with van der Waals surface area (Å²) in [6.45, 7) is 33.7. The normalized spacial score (nSPS) is 8.65. The maximum Gasteiger partial charge on any atom is 0.119 e. The summed E-state index contributed by atoms with van der Waals surface area (Å²) in [5.74, 6) is 0. The summed E-state index contributed by atoms with van der Waals surface area (Å²) in [4.78, 5) is 20.1. The minimum Gasteiger partial charge on any atom is -0.396 e. The van der Waals surface area contributed by atoms with E-state index in [4.69, 9.17) is 10.5 Å². The molecule has 0 heterocycles. The van der Waals surface area contributed by atoms with Crippen LogP contribution in [0.2, 0.25) is 0 Å². The maximum atomic E-state index is 9.40. The third kappa shape index (κ3) is 158. The van der Waals surface area contributed by atoms with Crippen molar-refractivity contribution in [2.45, 2.75) is 72.8 Å². The number of rotatable bonds is 11. The molecule has 6 nitrogen and oxygen atoms in total. The van der Waals surface area contributed by atoms with Gasteiger partial charge in [0.25, 0.3) is 0 Å². The Morgan fingerprint density at radius 1 is 0.971 bits per heavy atom. The molecule has 0 aliphatic rings. The molecule has 0 saturated heterocycles. The molecule has 1 unspecified atom stereocenters. The molecule has 0 rings (SSSR count). The molecule has 0 aromatic heterocycles. The number of nitrogens with one attached hydrogen (secondary N) is 1. The molecule has 0 aromatic rings. The van der Waals surface area contributed by atoms with Gasteiger partial charge < -0.3 is 15.3 Å². The van der Waals surface area contributed by atoms with E-state index in [-0.39, 0.29) is 6.04 Å². The highest BCUT2D eigenvalue weighted by Gasteiger charge is 1.79. The summed E-state index contributed by atoms with van der Waals surface area (Å²) in [5.41, 5.74) is 0. The van der Waals surface area contributed by atoms with Gasteiger partial charge in [-0.2, -0.15) is 0 Å². The molecule has 0 aliphatic heterocycles. The summed E-state index contributed by atoms with van der Waals surface area (Å²) >= 11 is 0. The highest BCUT2D eigenvalue weighted by molar-refractivity contribution is 5.48. The fourth-order valence-corrected chi connectivity index (χ4v) is 0.710. The van der Waals surface area contributed by atoms with Gasteiger partial charge in [0.15, 0.2) is 0 Å². The predicted molar refractivity (Wildman–Crippen MR) is 161 cm³/mol. The summed E-state index contributed by atoms with van der Waals surface area (Å²) in [6.07, 6.45) is 18.3. The number of carbonyl (C=O) groups excluding carboxylic acids is 1. The highest BCUT2D eigenvalue weighted by atomic mass is 16.2. The molecule has 198 valence electrons. The predicted octanol–water partition coefficient (Wildman–Crippen LogP) is 7.52. The molecule has 0 aliphatic carbocycles. The summed E-state index contributed by atoms with van der Waals surface area (Å²) in [7, 11) is 0.